The van der Waals surface area contributed by atoms with Crippen molar-refractivity contribution >= 4 is 5.91 Å². The molecule has 0 fully saturated rings. The second kappa shape index (κ2) is 5.60. The van der Waals surface area contributed by atoms with Gasteiger partial charge in [0.1, 0.15) is 0 Å². The number of nitrogens with two attached hydrogens (primary N) is 1. The van der Waals surface area contributed by atoms with Gasteiger partial charge in [-0.1, -0.05) is 12.1 Å². The first-order valence-corrected chi connectivity index (χ1v) is 5.43. The summed E-state index contributed by atoms with van der Waals surface area (Å²) in [6.45, 7) is 3.71. The number of aryl methyl sites for hydroxylation is 1. The van der Waals surface area contributed by atoms with Crippen LogP contribution in [0.3, 0.4) is 0 Å². The third-order valence-electron chi connectivity index (χ3n) is 2.38. The molecule has 1 rings (SSSR count). The maximum absolute atomic E-state index is 11.1. The van der Waals surface area contributed by atoms with E-state index in [1.807, 2.05) is 21.0 Å². The quantitative estimate of drug-likeness (QED) is 0.733. The molecule has 0 saturated heterocycles. The monoisotopic (exact) mass is 225 g/mol. The zero-order chi connectivity index (χ0) is 12.1. The summed E-state index contributed by atoms with van der Waals surface area (Å²) in [5, 5.41) is 7.76. The van der Waals surface area contributed by atoms with Gasteiger partial charge in [-0.3, -0.25) is 4.79 Å². The Morgan fingerprint density at radius 1 is 1.50 bits per heavy atom. The Labute approximate surface area is 95.4 Å². The number of carbonyl (C=O) groups excluding carboxylic acids is 1. The van der Waals surface area contributed by atoms with Crippen molar-refractivity contribution in [3.05, 3.63) is 11.4 Å². The van der Waals surface area contributed by atoms with Crippen LogP contribution in [0, 0.1) is 0 Å². The van der Waals surface area contributed by atoms with Crippen LogP contribution in [0.4, 0.5) is 0 Å². The number of nitrogens with zero attached hydrogens (tertiary/aromatic N) is 4. The van der Waals surface area contributed by atoms with Crippen molar-refractivity contribution in [2.75, 3.05) is 20.6 Å². The summed E-state index contributed by atoms with van der Waals surface area (Å²) in [7, 11) is 4.05. The van der Waals surface area contributed by atoms with E-state index in [4.69, 9.17) is 5.73 Å². The summed E-state index contributed by atoms with van der Waals surface area (Å²) >= 11 is 0. The van der Waals surface area contributed by atoms with Crippen molar-refractivity contribution < 1.29 is 4.79 Å². The molecule has 16 heavy (non-hydrogen) atoms. The number of primary amides is 1. The van der Waals surface area contributed by atoms with Gasteiger partial charge >= 0.3 is 0 Å². The van der Waals surface area contributed by atoms with E-state index in [2.05, 4.69) is 15.2 Å². The summed E-state index contributed by atoms with van der Waals surface area (Å²) in [6.07, 6.45) is 1.69. The second-order valence-corrected chi connectivity index (χ2v) is 3.98. The Morgan fingerprint density at radius 2 is 2.19 bits per heavy atom. The van der Waals surface area contributed by atoms with Crippen LogP contribution in [-0.4, -0.2) is 46.4 Å². The summed E-state index contributed by atoms with van der Waals surface area (Å²) in [5.41, 5.74) is 6.34. The van der Waals surface area contributed by atoms with E-state index >= 15 is 0 Å². The van der Waals surface area contributed by atoms with Gasteiger partial charge in [-0.25, -0.2) is 4.68 Å². The topological polar surface area (TPSA) is 77.0 Å². The molecule has 0 aliphatic heterocycles. The SMILES string of the molecule is CCc1c(C(N)=O)nnn1CCCN(C)C. The fourth-order valence-corrected chi connectivity index (χ4v) is 1.59. The third-order valence-corrected chi connectivity index (χ3v) is 2.38. The van der Waals surface area contributed by atoms with Crippen molar-refractivity contribution in [3.63, 3.8) is 0 Å². The van der Waals surface area contributed by atoms with Gasteiger partial charge in [-0.2, -0.15) is 0 Å². The lowest BCUT2D eigenvalue weighted by molar-refractivity contribution is 0.0994. The highest BCUT2D eigenvalue weighted by Crippen LogP contribution is 2.06. The van der Waals surface area contributed by atoms with Crippen molar-refractivity contribution in [1.29, 1.82) is 0 Å². The zero-order valence-corrected chi connectivity index (χ0v) is 10.1. The van der Waals surface area contributed by atoms with Crippen LogP contribution in [0.1, 0.15) is 29.5 Å². The number of hydrogen-bond donors (Lipinski definition) is 1. The highest BCUT2D eigenvalue weighted by molar-refractivity contribution is 5.91. The Hall–Kier alpha value is -1.43. The van der Waals surface area contributed by atoms with Gasteiger partial charge in [-0.05, 0) is 33.5 Å². The molecule has 6 nitrogen and oxygen atoms in total. The van der Waals surface area contributed by atoms with Crippen LogP contribution in [0.5, 0.6) is 0 Å². The van der Waals surface area contributed by atoms with Crippen molar-refractivity contribution in [2.45, 2.75) is 26.3 Å². The van der Waals surface area contributed by atoms with Crippen LogP contribution in [-0.2, 0) is 13.0 Å². The van der Waals surface area contributed by atoms with Crippen molar-refractivity contribution in [1.82, 2.24) is 19.9 Å². The zero-order valence-electron chi connectivity index (χ0n) is 10.1. The Morgan fingerprint density at radius 3 is 2.69 bits per heavy atom. The number of rotatable bonds is 6. The molecule has 0 atom stereocenters. The van der Waals surface area contributed by atoms with E-state index in [1.54, 1.807) is 4.68 Å². The number of carbonyl (C=O) groups is 1. The molecule has 0 aliphatic rings. The molecule has 1 aromatic rings. The minimum atomic E-state index is -0.504. The van der Waals surface area contributed by atoms with Gasteiger partial charge in [0.25, 0.3) is 5.91 Å². The summed E-state index contributed by atoms with van der Waals surface area (Å²) < 4.78 is 1.77. The van der Waals surface area contributed by atoms with E-state index in [1.165, 1.54) is 0 Å². The highest BCUT2D eigenvalue weighted by atomic mass is 16.1. The van der Waals surface area contributed by atoms with Crippen LogP contribution >= 0.6 is 0 Å². The predicted molar refractivity (Wildman–Crippen MR) is 61.1 cm³/mol. The average molecular weight is 225 g/mol. The molecule has 1 amide bonds. The normalized spacial score (nSPS) is 11.0. The first kappa shape index (κ1) is 12.6. The van der Waals surface area contributed by atoms with E-state index < -0.39 is 5.91 Å². The number of aromatic nitrogens is 3. The maximum Gasteiger partial charge on any atom is 0.271 e. The van der Waals surface area contributed by atoms with Gasteiger partial charge in [0, 0.05) is 6.54 Å². The molecule has 0 aliphatic carbocycles. The largest absolute Gasteiger partial charge is 0.364 e. The van der Waals surface area contributed by atoms with Gasteiger partial charge in [-0.15, -0.1) is 5.10 Å². The van der Waals surface area contributed by atoms with Crippen molar-refractivity contribution in [2.24, 2.45) is 5.73 Å². The molecule has 0 radical (unpaired) electrons. The summed E-state index contributed by atoms with van der Waals surface area (Å²) in [6, 6.07) is 0. The molecule has 0 unspecified atom stereocenters. The van der Waals surface area contributed by atoms with Gasteiger partial charge in [0.2, 0.25) is 0 Å². The first-order chi connectivity index (χ1) is 7.56. The van der Waals surface area contributed by atoms with Crippen molar-refractivity contribution in [3.8, 4) is 0 Å². The smallest absolute Gasteiger partial charge is 0.271 e. The Bertz CT molecular complexity index is 358. The fraction of sp³-hybridized carbons (Fsp3) is 0.700. The first-order valence-electron chi connectivity index (χ1n) is 5.43. The van der Waals surface area contributed by atoms with E-state index in [0.29, 0.717) is 12.1 Å². The molecule has 0 saturated carbocycles. The minimum Gasteiger partial charge on any atom is -0.364 e. The highest BCUT2D eigenvalue weighted by Gasteiger charge is 2.15. The molecule has 2 N–H and O–H groups in total. The summed E-state index contributed by atoms with van der Waals surface area (Å²) in [4.78, 5) is 13.2. The Balaban J connectivity index is 2.69. The lowest BCUT2D eigenvalue weighted by Crippen LogP contribution is -2.17. The molecule has 0 spiro atoms. The number of hydrogen-bond acceptors (Lipinski definition) is 4. The molecule has 1 heterocycles. The standard InChI is InChI=1S/C10H19N5O/c1-4-8-9(10(11)16)12-13-15(8)7-5-6-14(2)3/h4-7H2,1-3H3,(H2,11,16). The predicted octanol–water partition coefficient (Wildman–Crippen LogP) is -0.109. The molecule has 0 bridgehead atoms. The number of amides is 1. The average Bonchev–Trinajstić information content (AvgIpc) is 2.60. The maximum atomic E-state index is 11.1. The lowest BCUT2D eigenvalue weighted by Gasteiger charge is -2.09. The molecular weight excluding hydrogens is 206 g/mol. The third kappa shape index (κ3) is 3.03. The van der Waals surface area contributed by atoms with Crippen LogP contribution < -0.4 is 5.73 Å². The van der Waals surface area contributed by atoms with Crippen LogP contribution in [0.15, 0.2) is 0 Å². The molecule has 1 aromatic heterocycles. The molecule has 0 aromatic carbocycles. The van der Waals surface area contributed by atoms with Gasteiger partial charge in [0.15, 0.2) is 5.69 Å². The van der Waals surface area contributed by atoms with E-state index in [-0.39, 0.29) is 0 Å². The fourth-order valence-electron chi connectivity index (χ4n) is 1.59. The van der Waals surface area contributed by atoms with Gasteiger partial charge < -0.3 is 10.6 Å². The second-order valence-electron chi connectivity index (χ2n) is 3.98. The van der Waals surface area contributed by atoms with E-state index in [0.717, 1.165) is 25.2 Å². The summed E-state index contributed by atoms with van der Waals surface area (Å²) in [5.74, 6) is -0.504. The van der Waals surface area contributed by atoms with Gasteiger partial charge in [0.05, 0.1) is 5.69 Å². The minimum absolute atomic E-state index is 0.298. The molecule has 90 valence electrons. The molecular formula is C10H19N5O. The van der Waals surface area contributed by atoms with E-state index in [9.17, 15) is 4.79 Å². The van der Waals surface area contributed by atoms with Crippen LogP contribution in [0.2, 0.25) is 0 Å². The molecule has 6 heteroatoms. The van der Waals surface area contributed by atoms with Crippen LogP contribution in [0.25, 0.3) is 0 Å². The Kier molecular flexibility index (Phi) is 4.42. The lowest BCUT2D eigenvalue weighted by atomic mass is 10.2.